The quantitative estimate of drug-likeness (QED) is 0.850. The van der Waals surface area contributed by atoms with Gasteiger partial charge in [0.05, 0.1) is 13.7 Å². The Labute approximate surface area is 96.8 Å². The van der Waals surface area contributed by atoms with Crippen LogP contribution in [0.4, 0.5) is 0 Å². The minimum Gasteiger partial charge on any atom is -0.497 e. The highest BCUT2D eigenvalue weighted by Crippen LogP contribution is 2.34. The SMILES string of the molecule is CCNC1CCCOc2ccc(OC)cc21. The van der Waals surface area contributed by atoms with Gasteiger partial charge < -0.3 is 14.8 Å². The van der Waals surface area contributed by atoms with E-state index in [4.69, 9.17) is 9.47 Å². The zero-order valence-electron chi connectivity index (χ0n) is 9.95. The fourth-order valence-corrected chi connectivity index (χ4v) is 2.14. The van der Waals surface area contributed by atoms with Gasteiger partial charge in [0, 0.05) is 11.6 Å². The summed E-state index contributed by atoms with van der Waals surface area (Å²) >= 11 is 0. The first-order valence-corrected chi connectivity index (χ1v) is 5.89. The molecular formula is C13H19NO2. The lowest BCUT2D eigenvalue weighted by Crippen LogP contribution is -2.20. The van der Waals surface area contributed by atoms with Crippen molar-refractivity contribution in [1.82, 2.24) is 5.32 Å². The summed E-state index contributed by atoms with van der Waals surface area (Å²) in [4.78, 5) is 0. The van der Waals surface area contributed by atoms with Crippen LogP contribution in [0.25, 0.3) is 0 Å². The lowest BCUT2D eigenvalue weighted by Gasteiger charge is -2.18. The van der Waals surface area contributed by atoms with Gasteiger partial charge in [-0.2, -0.15) is 0 Å². The van der Waals surface area contributed by atoms with E-state index >= 15 is 0 Å². The molecule has 0 radical (unpaired) electrons. The Morgan fingerprint density at radius 2 is 2.38 bits per heavy atom. The lowest BCUT2D eigenvalue weighted by molar-refractivity contribution is 0.314. The van der Waals surface area contributed by atoms with Crippen LogP contribution in [0.15, 0.2) is 18.2 Å². The summed E-state index contributed by atoms with van der Waals surface area (Å²) in [6.45, 7) is 3.91. The largest absolute Gasteiger partial charge is 0.497 e. The van der Waals surface area contributed by atoms with Crippen molar-refractivity contribution in [1.29, 1.82) is 0 Å². The van der Waals surface area contributed by atoms with Gasteiger partial charge in [0.25, 0.3) is 0 Å². The Morgan fingerprint density at radius 1 is 1.50 bits per heavy atom. The zero-order valence-corrected chi connectivity index (χ0v) is 9.95. The van der Waals surface area contributed by atoms with Crippen LogP contribution in [0, 0.1) is 0 Å². The average Bonchev–Trinajstić information content (AvgIpc) is 2.52. The summed E-state index contributed by atoms with van der Waals surface area (Å²) in [6, 6.07) is 6.42. The molecule has 1 aromatic rings. The number of hydrogen-bond donors (Lipinski definition) is 1. The fourth-order valence-electron chi connectivity index (χ4n) is 2.14. The molecule has 1 N–H and O–H groups in total. The van der Waals surface area contributed by atoms with Crippen LogP contribution in [0.3, 0.4) is 0 Å². The molecule has 1 aliphatic rings. The van der Waals surface area contributed by atoms with Crippen LogP contribution in [0.5, 0.6) is 11.5 Å². The minimum absolute atomic E-state index is 0.387. The number of rotatable bonds is 3. The van der Waals surface area contributed by atoms with E-state index in [-0.39, 0.29) is 0 Å². The van der Waals surface area contributed by atoms with E-state index in [2.05, 4.69) is 18.3 Å². The van der Waals surface area contributed by atoms with Gasteiger partial charge in [-0.3, -0.25) is 0 Å². The topological polar surface area (TPSA) is 30.5 Å². The number of fused-ring (bicyclic) bond motifs is 1. The molecule has 0 saturated heterocycles. The van der Waals surface area contributed by atoms with Crippen LogP contribution in [0.1, 0.15) is 31.4 Å². The van der Waals surface area contributed by atoms with Gasteiger partial charge in [-0.25, -0.2) is 0 Å². The van der Waals surface area contributed by atoms with E-state index in [1.165, 1.54) is 5.56 Å². The standard InChI is InChI=1S/C13H19NO2/c1-3-14-12-5-4-8-16-13-7-6-10(15-2)9-11(12)13/h6-7,9,12,14H,3-5,8H2,1-2H3. The predicted octanol–water partition coefficient (Wildman–Crippen LogP) is 2.52. The number of benzene rings is 1. The van der Waals surface area contributed by atoms with E-state index in [1.807, 2.05) is 12.1 Å². The van der Waals surface area contributed by atoms with Crippen molar-refractivity contribution >= 4 is 0 Å². The van der Waals surface area contributed by atoms with Crippen molar-refractivity contribution in [3.63, 3.8) is 0 Å². The monoisotopic (exact) mass is 221 g/mol. The third kappa shape index (κ3) is 2.30. The molecule has 1 heterocycles. The van der Waals surface area contributed by atoms with Gasteiger partial charge >= 0.3 is 0 Å². The summed E-state index contributed by atoms with van der Waals surface area (Å²) in [6.07, 6.45) is 2.21. The average molecular weight is 221 g/mol. The third-order valence-electron chi connectivity index (χ3n) is 2.94. The van der Waals surface area contributed by atoms with Crippen molar-refractivity contribution in [2.45, 2.75) is 25.8 Å². The first kappa shape index (κ1) is 11.3. The van der Waals surface area contributed by atoms with E-state index in [0.29, 0.717) is 6.04 Å². The molecule has 88 valence electrons. The van der Waals surface area contributed by atoms with Crippen molar-refractivity contribution in [3.8, 4) is 11.5 Å². The molecule has 0 saturated carbocycles. The first-order valence-electron chi connectivity index (χ1n) is 5.89. The van der Waals surface area contributed by atoms with E-state index in [9.17, 15) is 0 Å². The highest BCUT2D eigenvalue weighted by Gasteiger charge is 2.19. The first-order chi connectivity index (χ1) is 7.85. The maximum atomic E-state index is 5.73. The Hall–Kier alpha value is -1.22. The molecule has 0 aromatic heterocycles. The van der Waals surface area contributed by atoms with Crippen LogP contribution in [0.2, 0.25) is 0 Å². The molecule has 1 aromatic carbocycles. The maximum absolute atomic E-state index is 5.73. The van der Waals surface area contributed by atoms with Gasteiger partial charge in [-0.15, -0.1) is 0 Å². The second-order valence-corrected chi connectivity index (χ2v) is 4.00. The molecule has 16 heavy (non-hydrogen) atoms. The van der Waals surface area contributed by atoms with Gasteiger partial charge in [0.2, 0.25) is 0 Å². The summed E-state index contributed by atoms with van der Waals surface area (Å²) < 4.78 is 11.0. The molecule has 1 unspecified atom stereocenters. The zero-order chi connectivity index (χ0) is 11.4. The smallest absolute Gasteiger partial charge is 0.124 e. The van der Waals surface area contributed by atoms with Gasteiger partial charge in [0.1, 0.15) is 11.5 Å². The molecule has 1 aliphatic heterocycles. The molecule has 3 nitrogen and oxygen atoms in total. The van der Waals surface area contributed by atoms with Crippen LogP contribution >= 0.6 is 0 Å². The Balaban J connectivity index is 2.33. The van der Waals surface area contributed by atoms with E-state index < -0.39 is 0 Å². The highest BCUT2D eigenvalue weighted by molar-refractivity contribution is 5.42. The molecular weight excluding hydrogens is 202 g/mol. The molecule has 0 spiro atoms. The normalized spacial score (nSPS) is 19.5. The van der Waals surface area contributed by atoms with Gasteiger partial charge in [-0.1, -0.05) is 6.92 Å². The second kappa shape index (κ2) is 5.21. The fraction of sp³-hybridized carbons (Fsp3) is 0.538. The number of methoxy groups -OCH3 is 1. The molecule has 0 amide bonds. The van der Waals surface area contributed by atoms with Crippen LogP contribution in [-0.4, -0.2) is 20.3 Å². The molecule has 3 heteroatoms. The Morgan fingerprint density at radius 3 is 3.12 bits per heavy atom. The number of ether oxygens (including phenoxy) is 2. The summed E-state index contributed by atoms with van der Waals surface area (Å²) in [5, 5.41) is 3.50. The predicted molar refractivity (Wildman–Crippen MR) is 64.1 cm³/mol. The number of hydrogen-bond acceptors (Lipinski definition) is 3. The van der Waals surface area contributed by atoms with Crippen LogP contribution < -0.4 is 14.8 Å². The molecule has 0 bridgehead atoms. The van der Waals surface area contributed by atoms with Crippen molar-refractivity contribution < 1.29 is 9.47 Å². The van der Waals surface area contributed by atoms with Gasteiger partial charge in [0.15, 0.2) is 0 Å². The lowest BCUT2D eigenvalue weighted by atomic mass is 10.0. The van der Waals surface area contributed by atoms with Crippen molar-refractivity contribution in [3.05, 3.63) is 23.8 Å². The summed E-state index contributed by atoms with van der Waals surface area (Å²) in [7, 11) is 1.70. The molecule has 0 aliphatic carbocycles. The third-order valence-corrected chi connectivity index (χ3v) is 2.94. The maximum Gasteiger partial charge on any atom is 0.124 e. The van der Waals surface area contributed by atoms with E-state index in [1.54, 1.807) is 7.11 Å². The Kier molecular flexibility index (Phi) is 3.67. The minimum atomic E-state index is 0.387. The molecule has 0 fully saturated rings. The summed E-state index contributed by atoms with van der Waals surface area (Å²) in [5.74, 6) is 1.89. The van der Waals surface area contributed by atoms with Crippen molar-refractivity contribution in [2.24, 2.45) is 0 Å². The van der Waals surface area contributed by atoms with Crippen LogP contribution in [-0.2, 0) is 0 Å². The van der Waals surface area contributed by atoms with E-state index in [0.717, 1.165) is 37.5 Å². The summed E-state index contributed by atoms with van der Waals surface area (Å²) in [5.41, 5.74) is 1.22. The Bertz CT molecular complexity index is 352. The molecule has 1 atom stereocenters. The second-order valence-electron chi connectivity index (χ2n) is 4.00. The highest BCUT2D eigenvalue weighted by atomic mass is 16.5. The van der Waals surface area contributed by atoms with Gasteiger partial charge in [-0.05, 0) is 37.6 Å². The number of nitrogens with one attached hydrogen (secondary N) is 1. The van der Waals surface area contributed by atoms with Crippen molar-refractivity contribution in [2.75, 3.05) is 20.3 Å². The molecule has 2 rings (SSSR count).